The molecule has 2 rings (SSSR count). The third-order valence-electron chi connectivity index (χ3n) is 2.82. The van der Waals surface area contributed by atoms with Gasteiger partial charge in [0.2, 0.25) is 11.9 Å². The first-order chi connectivity index (χ1) is 9.20. The molecule has 0 spiro atoms. The lowest BCUT2D eigenvalue weighted by Gasteiger charge is -2.20. The fraction of sp³-hybridized carbons (Fsp3) is 0.583. The minimum absolute atomic E-state index is 0.112. The van der Waals surface area contributed by atoms with Gasteiger partial charge in [-0.2, -0.15) is 4.98 Å². The molecule has 104 valence electrons. The van der Waals surface area contributed by atoms with Gasteiger partial charge in [0.15, 0.2) is 11.6 Å². The van der Waals surface area contributed by atoms with Gasteiger partial charge in [0, 0.05) is 19.6 Å². The van der Waals surface area contributed by atoms with Crippen LogP contribution in [-0.2, 0) is 4.79 Å². The van der Waals surface area contributed by atoms with E-state index >= 15 is 0 Å². The predicted octanol–water partition coefficient (Wildman–Crippen LogP) is 0.764. The zero-order valence-corrected chi connectivity index (χ0v) is 10.9. The minimum atomic E-state index is -0.503. The summed E-state index contributed by atoms with van der Waals surface area (Å²) in [6.45, 7) is 4.09. The molecule has 19 heavy (non-hydrogen) atoms. The molecule has 1 saturated heterocycles. The van der Waals surface area contributed by atoms with Crippen LogP contribution in [0.15, 0.2) is 6.20 Å². The standard InChI is InChI=1S/C12H18FN5O/c1-2-4-15-12-16-7-9(13)11(17-12)18-6-3-5-14-10(19)8-18/h7H,2-6,8H2,1H3,(H,14,19)(H,15,16,17). The Morgan fingerprint density at radius 1 is 1.58 bits per heavy atom. The first-order valence-corrected chi connectivity index (χ1v) is 6.48. The maximum Gasteiger partial charge on any atom is 0.239 e. The van der Waals surface area contributed by atoms with Gasteiger partial charge in [0.05, 0.1) is 12.7 Å². The summed E-state index contributed by atoms with van der Waals surface area (Å²) in [7, 11) is 0. The van der Waals surface area contributed by atoms with Gasteiger partial charge in [0.1, 0.15) is 0 Å². The monoisotopic (exact) mass is 267 g/mol. The summed E-state index contributed by atoms with van der Waals surface area (Å²) in [5, 5.41) is 5.76. The number of rotatable bonds is 4. The van der Waals surface area contributed by atoms with Crippen molar-refractivity contribution in [2.75, 3.05) is 36.4 Å². The quantitative estimate of drug-likeness (QED) is 0.843. The van der Waals surface area contributed by atoms with Gasteiger partial charge in [-0.15, -0.1) is 0 Å². The second kappa shape index (κ2) is 6.31. The molecule has 1 aromatic rings. The van der Waals surface area contributed by atoms with E-state index in [1.54, 1.807) is 4.90 Å². The zero-order valence-electron chi connectivity index (χ0n) is 10.9. The van der Waals surface area contributed by atoms with E-state index in [2.05, 4.69) is 20.6 Å². The van der Waals surface area contributed by atoms with Gasteiger partial charge >= 0.3 is 0 Å². The molecule has 0 bridgehead atoms. The Labute approximate surface area is 111 Å². The second-order valence-electron chi connectivity index (χ2n) is 4.42. The number of nitrogens with zero attached hydrogens (tertiary/aromatic N) is 3. The van der Waals surface area contributed by atoms with Gasteiger partial charge < -0.3 is 15.5 Å². The van der Waals surface area contributed by atoms with Crippen LogP contribution in [0.2, 0.25) is 0 Å². The predicted molar refractivity (Wildman–Crippen MR) is 70.6 cm³/mol. The average Bonchev–Trinajstić information content (AvgIpc) is 2.62. The van der Waals surface area contributed by atoms with Crippen LogP contribution in [0.4, 0.5) is 16.2 Å². The highest BCUT2D eigenvalue weighted by atomic mass is 19.1. The van der Waals surface area contributed by atoms with E-state index in [0.717, 1.165) is 25.6 Å². The smallest absolute Gasteiger partial charge is 0.239 e. The van der Waals surface area contributed by atoms with Crippen molar-refractivity contribution in [3.63, 3.8) is 0 Å². The number of hydrogen-bond donors (Lipinski definition) is 2. The highest BCUT2D eigenvalue weighted by Gasteiger charge is 2.20. The Hall–Kier alpha value is -1.92. The summed E-state index contributed by atoms with van der Waals surface area (Å²) in [6, 6.07) is 0. The first-order valence-electron chi connectivity index (χ1n) is 6.48. The Morgan fingerprint density at radius 2 is 2.42 bits per heavy atom. The molecule has 0 atom stereocenters. The summed E-state index contributed by atoms with van der Waals surface area (Å²) in [4.78, 5) is 21.2. The van der Waals surface area contributed by atoms with Crippen LogP contribution in [0.1, 0.15) is 19.8 Å². The average molecular weight is 267 g/mol. The lowest BCUT2D eigenvalue weighted by atomic mass is 10.4. The van der Waals surface area contributed by atoms with Gasteiger partial charge in [0.25, 0.3) is 0 Å². The summed E-state index contributed by atoms with van der Waals surface area (Å²) in [5.41, 5.74) is 0. The molecule has 0 saturated carbocycles. The number of hydrogen-bond acceptors (Lipinski definition) is 5. The Morgan fingerprint density at radius 3 is 3.21 bits per heavy atom. The van der Waals surface area contributed by atoms with Crippen molar-refractivity contribution in [3.05, 3.63) is 12.0 Å². The molecule has 1 amide bonds. The molecular formula is C12H18FN5O. The van der Waals surface area contributed by atoms with E-state index in [9.17, 15) is 9.18 Å². The van der Waals surface area contributed by atoms with E-state index in [-0.39, 0.29) is 18.3 Å². The maximum absolute atomic E-state index is 13.8. The van der Waals surface area contributed by atoms with Gasteiger partial charge in [-0.1, -0.05) is 6.92 Å². The SMILES string of the molecule is CCCNc1ncc(F)c(N2CCCNC(=O)C2)n1. The zero-order chi connectivity index (χ0) is 13.7. The van der Waals surface area contributed by atoms with Crippen LogP contribution in [0.5, 0.6) is 0 Å². The molecule has 1 aromatic heterocycles. The fourth-order valence-corrected chi connectivity index (χ4v) is 1.89. The van der Waals surface area contributed by atoms with Crippen LogP contribution < -0.4 is 15.5 Å². The highest BCUT2D eigenvalue weighted by molar-refractivity contribution is 5.81. The van der Waals surface area contributed by atoms with Crippen LogP contribution in [0, 0.1) is 5.82 Å². The van der Waals surface area contributed by atoms with Gasteiger partial charge in [-0.25, -0.2) is 9.37 Å². The maximum atomic E-state index is 13.8. The first kappa shape index (κ1) is 13.5. The van der Waals surface area contributed by atoms with Crippen LogP contribution in [0.3, 0.4) is 0 Å². The largest absolute Gasteiger partial charge is 0.354 e. The molecule has 1 aliphatic heterocycles. The molecule has 0 aromatic carbocycles. The summed E-state index contributed by atoms with van der Waals surface area (Å²) >= 11 is 0. The second-order valence-corrected chi connectivity index (χ2v) is 4.42. The van der Waals surface area contributed by atoms with Crippen LogP contribution in [0.25, 0.3) is 0 Å². The third kappa shape index (κ3) is 3.52. The van der Waals surface area contributed by atoms with Crippen molar-refractivity contribution in [1.82, 2.24) is 15.3 Å². The highest BCUT2D eigenvalue weighted by Crippen LogP contribution is 2.18. The molecule has 2 heterocycles. The lowest BCUT2D eigenvalue weighted by molar-refractivity contribution is -0.119. The van der Waals surface area contributed by atoms with Gasteiger partial charge in [-0.3, -0.25) is 4.79 Å². The molecular weight excluding hydrogens is 249 g/mol. The number of carbonyl (C=O) groups excluding carboxylic acids is 1. The van der Waals surface area contributed by atoms with Crippen molar-refractivity contribution in [1.29, 1.82) is 0 Å². The molecule has 0 unspecified atom stereocenters. The molecule has 1 aliphatic rings. The van der Waals surface area contributed by atoms with E-state index in [4.69, 9.17) is 0 Å². The van der Waals surface area contributed by atoms with E-state index in [0.29, 0.717) is 19.0 Å². The Kier molecular flexibility index (Phi) is 4.48. The molecule has 6 nitrogen and oxygen atoms in total. The van der Waals surface area contributed by atoms with E-state index in [1.165, 1.54) is 0 Å². The number of amides is 1. The van der Waals surface area contributed by atoms with Crippen molar-refractivity contribution >= 4 is 17.7 Å². The van der Waals surface area contributed by atoms with E-state index in [1.807, 2.05) is 6.92 Å². The summed E-state index contributed by atoms with van der Waals surface area (Å²) in [6.07, 6.45) is 2.85. The van der Waals surface area contributed by atoms with Crippen molar-refractivity contribution in [2.45, 2.75) is 19.8 Å². The third-order valence-corrected chi connectivity index (χ3v) is 2.82. The molecule has 0 radical (unpaired) electrons. The lowest BCUT2D eigenvalue weighted by Crippen LogP contribution is -2.34. The normalized spacial score (nSPS) is 15.9. The fourth-order valence-electron chi connectivity index (χ4n) is 1.89. The molecule has 2 N–H and O–H groups in total. The van der Waals surface area contributed by atoms with E-state index < -0.39 is 5.82 Å². The van der Waals surface area contributed by atoms with Crippen LogP contribution >= 0.6 is 0 Å². The van der Waals surface area contributed by atoms with Gasteiger partial charge in [-0.05, 0) is 12.8 Å². The van der Waals surface area contributed by atoms with Crippen molar-refractivity contribution in [3.8, 4) is 0 Å². The summed E-state index contributed by atoms with van der Waals surface area (Å²) < 4.78 is 13.8. The number of nitrogens with one attached hydrogen (secondary N) is 2. The van der Waals surface area contributed by atoms with Crippen molar-refractivity contribution < 1.29 is 9.18 Å². The number of halogens is 1. The van der Waals surface area contributed by atoms with Crippen molar-refractivity contribution in [2.24, 2.45) is 0 Å². The van der Waals surface area contributed by atoms with Crippen LogP contribution in [-0.4, -0.2) is 42.1 Å². The Bertz CT molecular complexity index is 454. The Balaban J connectivity index is 2.18. The molecule has 1 fully saturated rings. The molecule has 0 aliphatic carbocycles. The minimum Gasteiger partial charge on any atom is -0.354 e. The number of anilines is 2. The number of aromatic nitrogens is 2. The number of carbonyl (C=O) groups is 1. The summed E-state index contributed by atoms with van der Waals surface area (Å²) in [5.74, 6) is -0.0381. The topological polar surface area (TPSA) is 70.2 Å². The molecule has 7 heteroatoms.